The minimum atomic E-state index is -0.534. The Morgan fingerprint density at radius 1 is 1.30 bits per heavy atom. The van der Waals surface area contributed by atoms with Crippen LogP contribution < -0.4 is 11.1 Å². The minimum absolute atomic E-state index is 0.310. The molecule has 1 aromatic carbocycles. The molecule has 1 amide bonds. The first kappa shape index (κ1) is 17.4. The smallest absolute Gasteiger partial charge is 0.250 e. The highest BCUT2D eigenvalue weighted by molar-refractivity contribution is 6.33. The second-order valence-corrected chi connectivity index (χ2v) is 6.38. The molecule has 0 fully saturated rings. The summed E-state index contributed by atoms with van der Waals surface area (Å²) in [5, 5.41) is 3.85. The predicted octanol–water partition coefficient (Wildman–Crippen LogP) is 3.64. The number of aromatic nitrogens is 1. The van der Waals surface area contributed by atoms with E-state index in [4.69, 9.17) is 17.3 Å². The first-order valence-corrected chi connectivity index (χ1v) is 8.10. The van der Waals surface area contributed by atoms with Gasteiger partial charge in [0.25, 0.3) is 0 Å². The van der Waals surface area contributed by atoms with Crippen molar-refractivity contribution in [3.63, 3.8) is 0 Å². The molecule has 0 atom stereocenters. The quantitative estimate of drug-likeness (QED) is 0.761. The number of amides is 1. The first-order valence-electron chi connectivity index (χ1n) is 7.72. The standard InChI is InChI=1S/C18H22ClN3O/c1-12(2)7-8-21-10-13-3-5-14(6-4-13)17-16(19)9-15(11-22-17)18(20)23/h3-6,9,11-12,21H,7-8,10H2,1-2H3,(H2,20,23). The number of hydrogen-bond acceptors (Lipinski definition) is 3. The van der Waals surface area contributed by atoms with E-state index in [1.807, 2.05) is 12.1 Å². The number of halogens is 1. The molecular formula is C18H22ClN3O. The van der Waals surface area contributed by atoms with Crippen molar-refractivity contribution < 1.29 is 4.79 Å². The molecule has 4 nitrogen and oxygen atoms in total. The number of carbonyl (C=O) groups excluding carboxylic acids is 1. The fraction of sp³-hybridized carbons (Fsp3) is 0.333. The van der Waals surface area contributed by atoms with Crippen LogP contribution in [-0.4, -0.2) is 17.4 Å². The Kier molecular flexibility index (Phi) is 6.13. The van der Waals surface area contributed by atoms with E-state index in [1.165, 1.54) is 18.2 Å². The highest BCUT2D eigenvalue weighted by Crippen LogP contribution is 2.26. The summed E-state index contributed by atoms with van der Waals surface area (Å²) in [6, 6.07) is 9.62. The Hall–Kier alpha value is -1.91. The Balaban J connectivity index is 2.03. The van der Waals surface area contributed by atoms with Crippen molar-refractivity contribution in [3.05, 3.63) is 52.7 Å². The van der Waals surface area contributed by atoms with Gasteiger partial charge in [0.2, 0.25) is 5.91 Å². The maximum atomic E-state index is 11.1. The van der Waals surface area contributed by atoms with E-state index in [1.54, 1.807) is 6.07 Å². The number of nitrogens with one attached hydrogen (secondary N) is 1. The van der Waals surface area contributed by atoms with Crippen LogP contribution in [0.1, 0.15) is 36.2 Å². The molecule has 0 spiro atoms. The van der Waals surface area contributed by atoms with E-state index < -0.39 is 5.91 Å². The lowest BCUT2D eigenvalue weighted by Gasteiger charge is -2.09. The van der Waals surface area contributed by atoms with Crippen LogP contribution in [0.25, 0.3) is 11.3 Å². The van der Waals surface area contributed by atoms with Crippen LogP contribution in [-0.2, 0) is 6.54 Å². The molecule has 0 radical (unpaired) electrons. The summed E-state index contributed by atoms with van der Waals surface area (Å²) in [5.74, 6) is 0.176. The number of nitrogens with two attached hydrogens (primary N) is 1. The molecular weight excluding hydrogens is 310 g/mol. The summed E-state index contributed by atoms with van der Waals surface area (Å²) >= 11 is 6.20. The van der Waals surface area contributed by atoms with Crippen molar-refractivity contribution in [3.8, 4) is 11.3 Å². The fourth-order valence-electron chi connectivity index (χ4n) is 2.19. The summed E-state index contributed by atoms with van der Waals surface area (Å²) < 4.78 is 0. The van der Waals surface area contributed by atoms with Gasteiger partial charge >= 0.3 is 0 Å². The summed E-state index contributed by atoms with van der Waals surface area (Å²) in [4.78, 5) is 15.4. The van der Waals surface area contributed by atoms with Gasteiger partial charge in [-0.15, -0.1) is 0 Å². The Morgan fingerprint density at radius 2 is 2.00 bits per heavy atom. The van der Waals surface area contributed by atoms with Gasteiger partial charge in [0.1, 0.15) is 0 Å². The number of carbonyl (C=O) groups is 1. The van der Waals surface area contributed by atoms with Crippen molar-refractivity contribution in [2.45, 2.75) is 26.8 Å². The SMILES string of the molecule is CC(C)CCNCc1ccc(-c2ncc(C(N)=O)cc2Cl)cc1. The van der Waals surface area contributed by atoms with Gasteiger partial charge in [0.05, 0.1) is 16.3 Å². The molecule has 0 aliphatic heterocycles. The van der Waals surface area contributed by atoms with Crippen LogP contribution >= 0.6 is 11.6 Å². The lowest BCUT2D eigenvalue weighted by atomic mass is 10.1. The maximum absolute atomic E-state index is 11.1. The van der Waals surface area contributed by atoms with Crippen molar-refractivity contribution in [1.29, 1.82) is 0 Å². The maximum Gasteiger partial charge on any atom is 0.250 e. The lowest BCUT2D eigenvalue weighted by molar-refractivity contribution is 0.1000. The van der Waals surface area contributed by atoms with Gasteiger partial charge < -0.3 is 11.1 Å². The molecule has 0 saturated heterocycles. The van der Waals surface area contributed by atoms with Crippen LogP contribution in [0.3, 0.4) is 0 Å². The van der Waals surface area contributed by atoms with Crippen LogP contribution in [0.5, 0.6) is 0 Å². The normalized spacial score (nSPS) is 11.0. The van der Waals surface area contributed by atoms with Gasteiger partial charge in [-0.2, -0.15) is 0 Å². The van der Waals surface area contributed by atoms with E-state index in [0.717, 1.165) is 18.7 Å². The number of nitrogens with zero attached hydrogens (tertiary/aromatic N) is 1. The average molecular weight is 332 g/mol. The van der Waals surface area contributed by atoms with Crippen molar-refractivity contribution in [2.24, 2.45) is 11.7 Å². The molecule has 0 saturated carbocycles. The zero-order chi connectivity index (χ0) is 16.8. The van der Waals surface area contributed by atoms with Crippen LogP contribution in [0, 0.1) is 5.92 Å². The van der Waals surface area contributed by atoms with Gasteiger partial charge in [-0.25, -0.2) is 0 Å². The molecule has 23 heavy (non-hydrogen) atoms. The molecule has 0 aliphatic carbocycles. The first-order chi connectivity index (χ1) is 11.0. The minimum Gasteiger partial charge on any atom is -0.366 e. The number of pyridine rings is 1. The molecule has 0 aliphatic rings. The molecule has 122 valence electrons. The Bertz CT molecular complexity index is 668. The molecule has 0 bridgehead atoms. The van der Waals surface area contributed by atoms with Gasteiger partial charge in [0.15, 0.2) is 0 Å². The van der Waals surface area contributed by atoms with Crippen LogP contribution in [0.15, 0.2) is 36.5 Å². The number of primary amides is 1. The Labute approximate surface area is 142 Å². The van der Waals surface area contributed by atoms with Gasteiger partial charge in [-0.05, 0) is 30.5 Å². The van der Waals surface area contributed by atoms with E-state index >= 15 is 0 Å². The van der Waals surface area contributed by atoms with Crippen molar-refractivity contribution >= 4 is 17.5 Å². The second-order valence-electron chi connectivity index (χ2n) is 5.97. The van der Waals surface area contributed by atoms with E-state index in [2.05, 4.69) is 36.3 Å². The van der Waals surface area contributed by atoms with Crippen molar-refractivity contribution in [2.75, 3.05) is 6.54 Å². The topological polar surface area (TPSA) is 68.0 Å². The average Bonchev–Trinajstić information content (AvgIpc) is 2.52. The third-order valence-corrected chi connectivity index (χ3v) is 3.87. The van der Waals surface area contributed by atoms with Crippen LogP contribution in [0.2, 0.25) is 5.02 Å². The number of rotatable bonds is 7. The third-order valence-electron chi connectivity index (χ3n) is 3.58. The molecule has 1 heterocycles. The molecule has 1 aromatic heterocycles. The number of benzene rings is 1. The second kappa shape index (κ2) is 8.09. The van der Waals surface area contributed by atoms with Crippen molar-refractivity contribution in [1.82, 2.24) is 10.3 Å². The summed E-state index contributed by atoms with van der Waals surface area (Å²) in [6.07, 6.45) is 2.62. The summed E-state index contributed by atoms with van der Waals surface area (Å²) in [5.41, 5.74) is 8.31. The monoisotopic (exact) mass is 331 g/mol. The summed E-state index contributed by atoms with van der Waals surface area (Å²) in [6.45, 7) is 6.30. The molecule has 5 heteroatoms. The Morgan fingerprint density at radius 3 is 2.57 bits per heavy atom. The van der Waals surface area contributed by atoms with E-state index in [-0.39, 0.29) is 0 Å². The zero-order valence-electron chi connectivity index (χ0n) is 13.5. The highest BCUT2D eigenvalue weighted by atomic mass is 35.5. The molecule has 2 aromatic rings. The fourth-order valence-corrected chi connectivity index (χ4v) is 2.46. The van der Waals surface area contributed by atoms with E-state index in [9.17, 15) is 4.79 Å². The van der Waals surface area contributed by atoms with Crippen LogP contribution in [0.4, 0.5) is 0 Å². The largest absolute Gasteiger partial charge is 0.366 e. The van der Waals surface area contributed by atoms with Gasteiger partial charge in [-0.3, -0.25) is 9.78 Å². The number of hydrogen-bond donors (Lipinski definition) is 2. The zero-order valence-corrected chi connectivity index (χ0v) is 14.2. The third kappa shape index (κ3) is 5.05. The van der Waals surface area contributed by atoms with Gasteiger partial charge in [-0.1, -0.05) is 49.7 Å². The van der Waals surface area contributed by atoms with Gasteiger partial charge in [0, 0.05) is 18.3 Å². The predicted molar refractivity (Wildman–Crippen MR) is 94.4 cm³/mol. The summed E-state index contributed by atoms with van der Waals surface area (Å²) in [7, 11) is 0. The molecule has 2 rings (SSSR count). The highest BCUT2D eigenvalue weighted by Gasteiger charge is 2.09. The molecule has 0 unspecified atom stereocenters. The van der Waals surface area contributed by atoms with E-state index in [0.29, 0.717) is 22.2 Å². The molecule has 3 N–H and O–H groups in total. The lowest BCUT2D eigenvalue weighted by Crippen LogP contribution is -2.16.